The van der Waals surface area contributed by atoms with Gasteiger partial charge in [-0.05, 0) is 49.9 Å². The van der Waals surface area contributed by atoms with Gasteiger partial charge >= 0.3 is 0 Å². The van der Waals surface area contributed by atoms with Crippen LogP contribution in [0.3, 0.4) is 0 Å². The van der Waals surface area contributed by atoms with Crippen LogP contribution in [0.25, 0.3) is 10.9 Å². The maximum absolute atomic E-state index is 11.1. The molecule has 5 rings (SSSR count). The number of ketones is 1. The van der Waals surface area contributed by atoms with E-state index in [0.29, 0.717) is 5.56 Å². The first-order valence-electron chi connectivity index (χ1n) is 14.0. The fourth-order valence-corrected chi connectivity index (χ4v) is 4.83. The van der Waals surface area contributed by atoms with Crippen molar-refractivity contribution in [2.75, 3.05) is 50.2 Å². The van der Waals surface area contributed by atoms with Crippen molar-refractivity contribution >= 4 is 28.3 Å². The third-order valence-electron chi connectivity index (χ3n) is 7.32. The number of carbonyl (C=O) groups is 1. The summed E-state index contributed by atoms with van der Waals surface area (Å²) in [6, 6.07) is 11.8. The van der Waals surface area contributed by atoms with Crippen LogP contribution in [0.5, 0.6) is 0 Å². The molecule has 3 heterocycles. The lowest BCUT2D eigenvalue weighted by Gasteiger charge is -2.27. The maximum atomic E-state index is 11.1. The third-order valence-corrected chi connectivity index (χ3v) is 7.32. The Bertz CT molecular complexity index is 1130. The molecule has 0 atom stereocenters. The Balaban J connectivity index is 0.000000163. The topological polar surface area (TPSA) is 71.5 Å². The van der Waals surface area contributed by atoms with Gasteiger partial charge in [0.1, 0.15) is 17.5 Å². The Kier molecular flexibility index (Phi) is 11.5. The average Bonchev–Trinajstić information content (AvgIpc) is 2.94. The lowest BCUT2D eigenvalue weighted by Crippen LogP contribution is -2.36. The summed E-state index contributed by atoms with van der Waals surface area (Å²) in [4.78, 5) is 28.3. The minimum absolute atomic E-state index is 0.0519. The van der Waals surface area contributed by atoms with Gasteiger partial charge in [0.15, 0.2) is 5.78 Å². The lowest BCUT2D eigenvalue weighted by molar-refractivity contribution is 0.101. The number of hydrogen-bond acceptors (Lipinski definition) is 7. The molecule has 0 radical (unpaired) electrons. The molecule has 1 saturated heterocycles. The van der Waals surface area contributed by atoms with Gasteiger partial charge in [-0.25, -0.2) is 15.0 Å². The highest BCUT2D eigenvalue weighted by Gasteiger charge is 2.16. The van der Waals surface area contributed by atoms with Crippen molar-refractivity contribution in [2.24, 2.45) is 11.8 Å². The zero-order valence-corrected chi connectivity index (χ0v) is 24.1. The normalized spacial score (nSPS) is 19.1. The summed E-state index contributed by atoms with van der Waals surface area (Å²) in [6.07, 6.45) is 9.01. The number of benzene rings is 1. The van der Waals surface area contributed by atoms with E-state index in [4.69, 9.17) is 4.74 Å². The van der Waals surface area contributed by atoms with Gasteiger partial charge in [0.2, 0.25) is 0 Å². The van der Waals surface area contributed by atoms with E-state index in [9.17, 15) is 4.79 Å². The second kappa shape index (κ2) is 14.8. The molecule has 1 saturated carbocycles. The molecule has 0 amide bonds. The van der Waals surface area contributed by atoms with Crippen LogP contribution in [-0.2, 0) is 4.74 Å². The summed E-state index contributed by atoms with van der Waals surface area (Å²) in [5, 5.41) is 1.10. The molecule has 2 fully saturated rings. The summed E-state index contributed by atoms with van der Waals surface area (Å²) >= 11 is 0. The highest BCUT2D eigenvalue weighted by Crippen LogP contribution is 2.29. The van der Waals surface area contributed by atoms with Crippen LogP contribution < -0.4 is 9.80 Å². The number of fused-ring (bicyclic) bond motifs is 1. The molecule has 2 aliphatic rings. The minimum Gasteiger partial charge on any atom is -0.378 e. The third kappa shape index (κ3) is 8.76. The number of Topliss-reactive ketones (excluding diaryl/α,β-unsaturated/α-hetero) is 1. The van der Waals surface area contributed by atoms with E-state index in [-0.39, 0.29) is 5.78 Å². The second-order valence-corrected chi connectivity index (χ2v) is 10.6. The minimum atomic E-state index is 0.0519. The zero-order valence-electron chi connectivity index (χ0n) is 24.1. The molecule has 0 spiro atoms. The van der Waals surface area contributed by atoms with Crippen molar-refractivity contribution in [3.05, 3.63) is 54.0 Å². The average molecular weight is 520 g/mol. The van der Waals surface area contributed by atoms with Crippen molar-refractivity contribution < 1.29 is 9.53 Å². The monoisotopic (exact) mass is 519 g/mol. The second-order valence-electron chi connectivity index (χ2n) is 10.6. The van der Waals surface area contributed by atoms with Gasteiger partial charge in [-0.1, -0.05) is 58.1 Å². The van der Waals surface area contributed by atoms with Crippen LogP contribution in [0.1, 0.15) is 69.1 Å². The van der Waals surface area contributed by atoms with Gasteiger partial charge in [-0.3, -0.25) is 4.79 Å². The van der Waals surface area contributed by atoms with Crippen molar-refractivity contribution in [2.45, 2.75) is 59.8 Å². The number of nitrogens with zero attached hydrogens (tertiary/aromatic N) is 5. The fraction of sp³-hybridized carbons (Fsp3) is 0.548. The van der Waals surface area contributed by atoms with Crippen molar-refractivity contribution in [3.8, 4) is 0 Å². The van der Waals surface area contributed by atoms with E-state index in [2.05, 4.69) is 33.7 Å². The number of aromatic nitrogens is 3. The zero-order chi connectivity index (χ0) is 27.5. The summed E-state index contributed by atoms with van der Waals surface area (Å²) < 4.78 is 5.26. The molecule has 0 unspecified atom stereocenters. The number of para-hydroxylation sites is 1. The van der Waals surface area contributed by atoms with Crippen LogP contribution in [0.15, 0.2) is 42.6 Å². The van der Waals surface area contributed by atoms with E-state index in [1.807, 2.05) is 62.3 Å². The van der Waals surface area contributed by atoms with Crippen LogP contribution >= 0.6 is 0 Å². The molecule has 2 aromatic heterocycles. The Morgan fingerprint density at radius 2 is 1.71 bits per heavy atom. The number of rotatable bonds is 4. The number of pyridine rings is 1. The Morgan fingerprint density at radius 1 is 1.03 bits per heavy atom. The highest BCUT2D eigenvalue weighted by atomic mass is 16.5. The molecule has 0 N–H and O–H groups in total. The largest absolute Gasteiger partial charge is 0.378 e. The number of carbonyl (C=O) groups excluding carboxylic acids is 1. The number of ether oxygens (including phenoxy) is 1. The first kappa shape index (κ1) is 29.5. The molecule has 1 aromatic carbocycles. The highest BCUT2D eigenvalue weighted by molar-refractivity contribution is 5.93. The Morgan fingerprint density at radius 3 is 2.29 bits per heavy atom. The number of anilines is 2. The van der Waals surface area contributed by atoms with Crippen molar-refractivity contribution in [1.82, 2.24) is 15.0 Å². The number of hydrogen-bond donors (Lipinski definition) is 0. The van der Waals surface area contributed by atoms with E-state index in [0.717, 1.165) is 66.5 Å². The molecule has 206 valence electrons. The predicted molar refractivity (Wildman–Crippen MR) is 157 cm³/mol. The Labute approximate surface area is 228 Å². The van der Waals surface area contributed by atoms with Crippen molar-refractivity contribution in [1.29, 1.82) is 0 Å². The molecule has 0 bridgehead atoms. The molecular formula is C31H45N5O2. The van der Waals surface area contributed by atoms with E-state index in [1.54, 1.807) is 13.1 Å². The van der Waals surface area contributed by atoms with Gasteiger partial charge in [-0.15, -0.1) is 0 Å². The van der Waals surface area contributed by atoms with Crippen molar-refractivity contribution in [3.63, 3.8) is 0 Å². The molecule has 1 aliphatic heterocycles. The maximum Gasteiger partial charge on any atom is 0.161 e. The van der Waals surface area contributed by atoms with E-state index >= 15 is 0 Å². The molecule has 7 nitrogen and oxygen atoms in total. The van der Waals surface area contributed by atoms with Crippen LogP contribution in [0.4, 0.5) is 11.6 Å². The molecule has 38 heavy (non-hydrogen) atoms. The van der Waals surface area contributed by atoms with Gasteiger partial charge in [0.25, 0.3) is 0 Å². The standard InChI is InChI=1S/C11H13N3.C11H14N2O2.C9H18/c1-8-12-10-7-5-4-6-9(10)11(13-8)14(2)3;1-9(14)10-2-3-11(12-8-10)13-4-6-15-7-5-13;1-3-9-6-4-8(2)5-7-9/h4-7H,1-3H3;2-3,8H,4-7H2,1H3;8-9H,3-7H2,1-2H3. The van der Waals surface area contributed by atoms with Gasteiger partial charge in [0.05, 0.1) is 18.7 Å². The van der Waals surface area contributed by atoms with Crippen LogP contribution in [0, 0.1) is 18.8 Å². The number of aryl methyl sites for hydroxylation is 1. The molecule has 7 heteroatoms. The number of morpholine rings is 1. The van der Waals surface area contributed by atoms with Gasteiger partial charge < -0.3 is 14.5 Å². The lowest BCUT2D eigenvalue weighted by atomic mass is 9.82. The summed E-state index contributed by atoms with van der Waals surface area (Å²) in [5.41, 5.74) is 1.66. The van der Waals surface area contributed by atoms with Gasteiger partial charge in [-0.2, -0.15) is 0 Å². The van der Waals surface area contributed by atoms with Crippen LogP contribution in [0.2, 0.25) is 0 Å². The quantitative estimate of drug-likeness (QED) is 0.372. The van der Waals surface area contributed by atoms with Gasteiger partial charge in [0, 0.05) is 44.3 Å². The summed E-state index contributed by atoms with van der Waals surface area (Å²) in [7, 11) is 3.99. The molecule has 1 aliphatic carbocycles. The fourth-order valence-electron chi connectivity index (χ4n) is 4.83. The SMILES string of the molecule is CC(=O)c1ccc(N2CCOCC2)nc1.CCC1CCC(C)CC1.Cc1nc(N(C)C)c2ccccc2n1. The van der Waals surface area contributed by atoms with E-state index in [1.165, 1.54) is 32.1 Å². The van der Waals surface area contributed by atoms with E-state index < -0.39 is 0 Å². The Hall–Kier alpha value is -3.06. The first-order valence-corrected chi connectivity index (χ1v) is 14.0. The predicted octanol–water partition coefficient (Wildman–Crippen LogP) is 6.35. The molecule has 3 aromatic rings. The summed E-state index contributed by atoms with van der Waals surface area (Å²) in [5.74, 6) is 4.86. The summed E-state index contributed by atoms with van der Waals surface area (Å²) in [6.45, 7) is 11.4. The first-order chi connectivity index (χ1) is 18.3. The van der Waals surface area contributed by atoms with Crippen LogP contribution in [-0.4, -0.2) is 61.1 Å². The smallest absolute Gasteiger partial charge is 0.161 e. The molecular weight excluding hydrogens is 474 g/mol.